The first-order chi connectivity index (χ1) is 12.5. The molecule has 134 valence electrons. The van der Waals surface area contributed by atoms with Gasteiger partial charge in [0.25, 0.3) is 0 Å². The van der Waals surface area contributed by atoms with Gasteiger partial charge in [0.2, 0.25) is 0 Å². The van der Waals surface area contributed by atoms with Gasteiger partial charge in [-0.3, -0.25) is 9.58 Å². The number of benzene rings is 1. The fraction of sp³-hybridized carbons (Fsp3) is 0.316. The molecule has 0 spiro atoms. The van der Waals surface area contributed by atoms with E-state index in [1.807, 2.05) is 43.7 Å². The maximum atomic E-state index is 13.0. The van der Waals surface area contributed by atoms with Crippen molar-refractivity contribution in [2.24, 2.45) is 7.05 Å². The zero-order valence-corrected chi connectivity index (χ0v) is 15.2. The average molecular weight is 369 g/mol. The van der Waals surface area contributed by atoms with E-state index in [9.17, 15) is 8.42 Å². The summed E-state index contributed by atoms with van der Waals surface area (Å²) >= 11 is 0. The fourth-order valence-electron chi connectivity index (χ4n) is 4.26. The van der Waals surface area contributed by atoms with Gasteiger partial charge in [-0.25, -0.2) is 8.42 Å². The topological polar surface area (TPSA) is 68.3 Å². The molecule has 0 aliphatic carbocycles. The van der Waals surface area contributed by atoms with E-state index in [0.717, 1.165) is 35.5 Å². The molecule has 2 aliphatic rings. The number of sulfone groups is 1. The Morgan fingerprint density at radius 3 is 2.88 bits per heavy atom. The highest BCUT2D eigenvalue weighted by atomic mass is 32.2. The number of hydrogen-bond acceptors (Lipinski definition) is 5. The molecule has 2 aromatic heterocycles. The van der Waals surface area contributed by atoms with E-state index < -0.39 is 9.84 Å². The van der Waals surface area contributed by atoms with Crippen LogP contribution in [-0.2, 0) is 23.4 Å². The lowest BCUT2D eigenvalue weighted by Gasteiger charge is -2.16. The molecule has 0 saturated carbocycles. The van der Waals surface area contributed by atoms with Crippen molar-refractivity contribution in [1.82, 2.24) is 14.7 Å². The molecule has 3 aromatic rings. The molecule has 1 saturated heterocycles. The quantitative estimate of drug-likeness (QED) is 0.709. The second-order valence-corrected chi connectivity index (χ2v) is 9.27. The number of aryl methyl sites for hydroxylation is 1. The third-order valence-electron chi connectivity index (χ3n) is 5.43. The zero-order valence-electron chi connectivity index (χ0n) is 14.4. The molecular weight excluding hydrogens is 350 g/mol. The van der Waals surface area contributed by atoms with Crippen molar-refractivity contribution in [3.05, 3.63) is 60.1 Å². The number of fused-ring (bicyclic) bond motifs is 3. The van der Waals surface area contributed by atoms with Crippen molar-refractivity contribution in [3.8, 4) is 11.3 Å². The van der Waals surface area contributed by atoms with Gasteiger partial charge in [0, 0.05) is 49.9 Å². The van der Waals surface area contributed by atoms with E-state index in [1.165, 1.54) is 0 Å². The molecule has 7 heteroatoms. The summed E-state index contributed by atoms with van der Waals surface area (Å²) in [7, 11) is -1.39. The van der Waals surface area contributed by atoms with Crippen LogP contribution in [0.4, 0.5) is 0 Å². The van der Waals surface area contributed by atoms with E-state index in [-0.39, 0.29) is 11.2 Å². The Labute approximate surface area is 152 Å². The van der Waals surface area contributed by atoms with Gasteiger partial charge in [0.1, 0.15) is 5.76 Å². The molecule has 2 atom stereocenters. The highest BCUT2D eigenvalue weighted by Gasteiger charge is 2.50. The Balaban J connectivity index is 1.48. The Bertz CT molecular complexity index is 1070. The smallest absolute Gasteiger partial charge is 0.183 e. The third-order valence-corrected chi connectivity index (χ3v) is 7.69. The van der Waals surface area contributed by atoms with Crippen LogP contribution in [-0.4, -0.2) is 41.4 Å². The predicted octanol–water partition coefficient (Wildman–Crippen LogP) is 2.44. The van der Waals surface area contributed by atoms with Crippen LogP contribution in [0.5, 0.6) is 0 Å². The lowest BCUT2D eigenvalue weighted by atomic mass is 9.96. The maximum Gasteiger partial charge on any atom is 0.183 e. The van der Waals surface area contributed by atoms with E-state index in [2.05, 4.69) is 10.00 Å². The van der Waals surface area contributed by atoms with Gasteiger partial charge in [-0.05, 0) is 35.9 Å². The molecule has 0 unspecified atom stereocenters. The van der Waals surface area contributed by atoms with Crippen LogP contribution in [0.1, 0.15) is 17.0 Å². The summed E-state index contributed by atoms with van der Waals surface area (Å²) in [5.41, 5.74) is 2.96. The lowest BCUT2D eigenvalue weighted by molar-refractivity contribution is 0.325. The Morgan fingerprint density at radius 2 is 2.15 bits per heavy atom. The molecule has 4 heterocycles. The highest BCUT2D eigenvalue weighted by Crippen LogP contribution is 2.46. The number of hydrogen-bond donors (Lipinski definition) is 0. The van der Waals surface area contributed by atoms with Crippen LogP contribution >= 0.6 is 0 Å². The number of likely N-dealkylation sites (tertiary alicyclic amines) is 1. The Hall–Kier alpha value is -2.38. The molecule has 6 nitrogen and oxygen atoms in total. The number of furan rings is 1. The van der Waals surface area contributed by atoms with Crippen LogP contribution in [0, 0.1) is 0 Å². The molecule has 0 N–H and O–H groups in total. The van der Waals surface area contributed by atoms with E-state index in [4.69, 9.17) is 4.42 Å². The van der Waals surface area contributed by atoms with Crippen molar-refractivity contribution in [2.45, 2.75) is 22.6 Å². The SMILES string of the molecule is Cn1cc(CN2C[C@H]3c4cc(-c5ccco5)ccc4S(=O)(=O)[C@H]3C2)cn1. The minimum atomic E-state index is -3.28. The molecule has 0 amide bonds. The second kappa shape index (κ2) is 5.56. The first-order valence-electron chi connectivity index (χ1n) is 8.64. The summed E-state index contributed by atoms with van der Waals surface area (Å²) in [6.45, 7) is 2.03. The maximum absolute atomic E-state index is 13.0. The fourth-order valence-corrected chi connectivity index (χ4v) is 6.46. The van der Waals surface area contributed by atoms with E-state index >= 15 is 0 Å². The minimum Gasteiger partial charge on any atom is -0.464 e. The van der Waals surface area contributed by atoms with Crippen molar-refractivity contribution in [3.63, 3.8) is 0 Å². The van der Waals surface area contributed by atoms with Gasteiger partial charge in [0.05, 0.1) is 22.6 Å². The summed E-state index contributed by atoms with van der Waals surface area (Å²) < 4.78 is 33.2. The molecule has 0 radical (unpaired) electrons. The first-order valence-corrected chi connectivity index (χ1v) is 10.2. The first kappa shape index (κ1) is 15.8. The summed E-state index contributed by atoms with van der Waals surface area (Å²) in [6, 6.07) is 9.30. The van der Waals surface area contributed by atoms with Crippen LogP contribution in [0.25, 0.3) is 11.3 Å². The molecule has 2 aliphatic heterocycles. The van der Waals surface area contributed by atoms with E-state index in [1.54, 1.807) is 17.0 Å². The number of nitrogens with zero attached hydrogens (tertiary/aromatic N) is 3. The Kier molecular flexibility index (Phi) is 3.39. The predicted molar refractivity (Wildman–Crippen MR) is 96.3 cm³/mol. The summed E-state index contributed by atoms with van der Waals surface area (Å²) in [6.07, 6.45) is 5.45. The van der Waals surface area contributed by atoms with Gasteiger partial charge in [-0.2, -0.15) is 5.10 Å². The van der Waals surface area contributed by atoms with Crippen molar-refractivity contribution >= 4 is 9.84 Å². The molecule has 1 fully saturated rings. The summed E-state index contributed by atoms with van der Waals surface area (Å²) in [5, 5.41) is 3.84. The standard InChI is InChI=1S/C19H19N3O3S/c1-21-9-13(8-20-21)10-22-11-16-15-7-14(17-3-2-6-25-17)4-5-18(15)26(23,24)19(16)12-22/h2-9,16,19H,10-12H2,1H3/t16-,19-/m0/s1. The van der Waals surface area contributed by atoms with Gasteiger partial charge in [0.15, 0.2) is 9.84 Å². The van der Waals surface area contributed by atoms with Crippen LogP contribution < -0.4 is 0 Å². The van der Waals surface area contributed by atoms with Gasteiger partial charge in [-0.1, -0.05) is 0 Å². The molecule has 5 rings (SSSR count). The molecule has 0 bridgehead atoms. The van der Waals surface area contributed by atoms with Crippen molar-refractivity contribution in [2.75, 3.05) is 13.1 Å². The summed E-state index contributed by atoms with van der Waals surface area (Å²) in [4.78, 5) is 2.70. The monoisotopic (exact) mass is 369 g/mol. The van der Waals surface area contributed by atoms with E-state index in [0.29, 0.717) is 11.4 Å². The van der Waals surface area contributed by atoms with Crippen LogP contribution in [0.2, 0.25) is 0 Å². The molecule has 1 aromatic carbocycles. The largest absolute Gasteiger partial charge is 0.464 e. The lowest BCUT2D eigenvalue weighted by Crippen LogP contribution is -2.25. The number of rotatable bonds is 3. The van der Waals surface area contributed by atoms with Crippen molar-refractivity contribution < 1.29 is 12.8 Å². The highest BCUT2D eigenvalue weighted by molar-refractivity contribution is 7.92. The molecule has 26 heavy (non-hydrogen) atoms. The Morgan fingerprint density at radius 1 is 1.27 bits per heavy atom. The summed E-state index contributed by atoms with van der Waals surface area (Å²) in [5.74, 6) is 0.778. The van der Waals surface area contributed by atoms with Crippen LogP contribution in [0.15, 0.2) is 58.3 Å². The third kappa shape index (κ3) is 2.34. The average Bonchev–Trinajstić information content (AvgIpc) is 3.37. The zero-order chi connectivity index (χ0) is 17.9. The number of aromatic nitrogens is 2. The van der Waals surface area contributed by atoms with Crippen molar-refractivity contribution in [1.29, 1.82) is 0 Å². The second-order valence-electron chi connectivity index (χ2n) is 7.14. The van der Waals surface area contributed by atoms with Gasteiger partial charge < -0.3 is 4.42 Å². The minimum absolute atomic E-state index is 0.0154. The van der Waals surface area contributed by atoms with Gasteiger partial charge >= 0.3 is 0 Å². The van der Waals surface area contributed by atoms with Crippen LogP contribution in [0.3, 0.4) is 0 Å². The molecular formula is C19H19N3O3S. The normalized spacial score (nSPS) is 23.9. The van der Waals surface area contributed by atoms with Gasteiger partial charge in [-0.15, -0.1) is 0 Å².